The van der Waals surface area contributed by atoms with Crippen LogP contribution >= 0.6 is 0 Å². The zero-order valence-electron chi connectivity index (χ0n) is 15.2. The van der Waals surface area contributed by atoms with Gasteiger partial charge in [-0.3, -0.25) is 0 Å². The molecule has 1 aromatic heterocycles. The highest BCUT2D eigenvalue weighted by molar-refractivity contribution is 6.00. The fraction of sp³-hybridized carbons (Fsp3) is 0.0909. The summed E-state index contributed by atoms with van der Waals surface area (Å²) < 4.78 is 16.1. The lowest BCUT2D eigenvalue weighted by molar-refractivity contribution is 0.174. The first-order valence-electron chi connectivity index (χ1n) is 8.88. The normalized spacial score (nSPS) is 12.2. The molecule has 3 aromatic carbocycles. The summed E-state index contributed by atoms with van der Waals surface area (Å²) in [4.78, 5) is 0. The van der Waals surface area contributed by atoms with Gasteiger partial charge in [0.05, 0.1) is 7.11 Å². The maximum Gasteiger partial charge on any atom is 0.231 e. The van der Waals surface area contributed by atoms with Gasteiger partial charge >= 0.3 is 0 Å². The molecule has 1 aliphatic heterocycles. The van der Waals surface area contributed by atoms with Crippen LogP contribution in [0.5, 0.6) is 17.2 Å². The van der Waals surface area contributed by atoms with Crippen molar-refractivity contribution in [1.82, 2.24) is 10.2 Å². The van der Waals surface area contributed by atoms with Crippen molar-refractivity contribution in [2.24, 2.45) is 0 Å². The number of methoxy groups -OCH3 is 1. The molecule has 0 unspecified atom stereocenters. The number of fused-ring (bicyclic) bond motifs is 2. The molecule has 0 fully saturated rings. The number of aromatic nitrogens is 2. The Balaban J connectivity index is 1.56. The molecule has 2 heterocycles. The lowest BCUT2D eigenvalue weighted by atomic mass is 10.0. The van der Waals surface area contributed by atoms with Crippen molar-refractivity contribution in [2.75, 3.05) is 19.2 Å². The molecular weight excluding hydrogens is 354 g/mol. The van der Waals surface area contributed by atoms with Crippen molar-refractivity contribution < 1.29 is 14.2 Å². The average Bonchev–Trinajstić information content (AvgIpc) is 3.22. The predicted molar refractivity (Wildman–Crippen MR) is 107 cm³/mol. The Morgan fingerprint density at radius 3 is 2.46 bits per heavy atom. The molecule has 0 bridgehead atoms. The number of nitrogens with zero attached hydrogens (tertiary/aromatic N) is 2. The molecule has 4 aromatic rings. The summed E-state index contributed by atoms with van der Waals surface area (Å²) in [6, 6.07) is 21.6. The van der Waals surface area contributed by atoms with Crippen LogP contribution in [0.1, 0.15) is 0 Å². The van der Waals surface area contributed by atoms with Gasteiger partial charge in [-0.1, -0.05) is 24.3 Å². The second-order valence-electron chi connectivity index (χ2n) is 6.36. The number of ether oxygens (including phenoxy) is 3. The van der Waals surface area contributed by atoms with Crippen molar-refractivity contribution in [2.45, 2.75) is 0 Å². The number of hydrogen-bond donors (Lipinski definition) is 1. The van der Waals surface area contributed by atoms with Gasteiger partial charge in [-0.25, -0.2) is 0 Å². The SMILES string of the molecule is COc1ccc(-c2nnc(Nc3ccc4c(c3)OCO4)c3ccccc23)cc1. The molecule has 0 atom stereocenters. The van der Waals surface area contributed by atoms with Crippen molar-refractivity contribution >= 4 is 22.3 Å². The Bertz CT molecular complexity index is 1160. The maximum absolute atomic E-state index is 5.45. The van der Waals surface area contributed by atoms with Crippen molar-refractivity contribution in [3.8, 4) is 28.5 Å². The van der Waals surface area contributed by atoms with E-state index in [0.717, 1.165) is 45.0 Å². The van der Waals surface area contributed by atoms with E-state index in [1.54, 1.807) is 7.11 Å². The first-order valence-corrected chi connectivity index (χ1v) is 8.88. The largest absolute Gasteiger partial charge is 0.497 e. The molecule has 0 saturated heterocycles. The Kier molecular flexibility index (Phi) is 3.94. The number of benzene rings is 3. The Hall–Kier alpha value is -3.80. The molecule has 6 nitrogen and oxygen atoms in total. The summed E-state index contributed by atoms with van der Waals surface area (Å²) >= 11 is 0. The second-order valence-corrected chi connectivity index (χ2v) is 6.36. The minimum Gasteiger partial charge on any atom is -0.497 e. The summed E-state index contributed by atoms with van der Waals surface area (Å²) in [6.45, 7) is 0.248. The van der Waals surface area contributed by atoms with Crippen molar-refractivity contribution in [3.05, 3.63) is 66.7 Å². The summed E-state index contributed by atoms with van der Waals surface area (Å²) in [7, 11) is 1.65. The number of hydrogen-bond acceptors (Lipinski definition) is 6. The molecule has 0 saturated carbocycles. The molecule has 0 aliphatic carbocycles. The predicted octanol–water partition coefficient (Wildman–Crippen LogP) is 4.78. The van der Waals surface area contributed by atoms with Crippen molar-refractivity contribution in [1.29, 1.82) is 0 Å². The molecule has 1 N–H and O–H groups in total. The number of nitrogens with one attached hydrogen (secondary N) is 1. The summed E-state index contributed by atoms with van der Waals surface area (Å²) in [5.74, 6) is 2.96. The molecule has 0 amide bonds. The van der Waals surface area contributed by atoms with Gasteiger partial charge in [0.2, 0.25) is 6.79 Å². The average molecular weight is 371 g/mol. The van der Waals surface area contributed by atoms with Crippen LogP contribution in [-0.4, -0.2) is 24.1 Å². The summed E-state index contributed by atoms with van der Waals surface area (Å²) in [5.41, 5.74) is 2.68. The molecular formula is C22H17N3O3. The van der Waals surface area contributed by atoms with Gasteiger partial charge in [0.15, 0.2) is 17.3 Å². The molecule has 1 aliphatic rings. The van der Waals surface area contributed by atoms with Crippen LogP contribution in [0.15, 0.2) is 66.7 Å². The maximum atomic E-state index is 5.45. The van der Waals surface area contributed by atoms with Gasteiger partial charge in [-0.15, -0.1) is 10.2 Å². The first-order chi connectivity index (χ1) is 13.8. The van der Waals surface area contributed by atoms with Crippen LogP contribution in [0, 0.1) is 0 Å². The fourth-order valence-corrected chi connectivity index (χ4v) is 3.27. The van der Waals surface area contributed by atoms with E-state index in [2.05, 4.69) is 21.6 Å². The van der Waals surface area contributed by atoms with Crippen LogP contribution in [-0.2, 0) is 0 Å². The smallest absolute Gasteiger partial charge is 0.231 e. The van der Waals surface area contributed by atoms with Crippen LogP contribution in [0.2, 0.25) is 0 Å². The monoisotopic (exact) mass is 371 g/mol. The van der Waals surface area contributed by atoms with E-state index in [4.69, 9.17) is 14.2 Å². The molecule has 138 valence electrons. The second kappa shape index (κ2) is 6.74. The topological polar surface area (TPSA) is 65.5 Å². The minimum absolute atomic E-state index is 0.248. The van der Waals surface area contributed by atoms with Crippen LogP contribution in [0.25, 0.3) is 22.0 Å². The van der Waals surface area contributed by atoms with Gasteiger partial charge in [-0.05, 0) is 36.4 Å². The minimum atomic E-state index is 0.248. The zero-order valence-corrected chi connectivity index (χ0v) is 15.2. The van der Waals surface area contributed by atoms with Crippen molar-refractivity contribution in [3.63, 3.8) is 0 Å². The third-order valence-electron chi connectivity index (χ3n) is 4.69. The summed E-state index contributed by atoms with van der Waals surface area (Å²) in [5, 5.41) is 14.3. The fourth-order valence-electron chi connectivity index (χ4n) is 3.27. The molecule has 6 heteroatoms. The Morgan fingerprint density at radius 2 is 1.64 bits per heavy atom. The third-order valence-corrected chi connectivity index (χ3v) is 4.69. The quantitative estimate of drug-likeness (QED) is 0.557. The third kappa shape index (κ3) is 2.85. The lowest BCUT2D eigenvalue weighted by Gasteiger charge is -2.12. The van der Waals surface area contributed by atoms with E-state index < -0.39 is 0 Å². The number of anilines is 2. The highest BCUT2D eigenvalue weighted by Gasteiger charge is 2.15. The van der Waals surface area contributed by atoms with Gasteiger partial charge in [0.25, 0.3) is 0 Å². The summed E-state index contributed by atoms with van der Waals surface area (Å²) in [6.07, 6.45) is 0. The number of rotatable bonds is 4. The van der Waals surface area contributed by atoms with Gasteiger partial charge in [-0.2, -0.15) is 0 Å². The molecule has 0 spiro atoms. The van der Waals surface area contributed by atoms with E-state index in [1.807, 2.05) is 60.7 Å². The highest BCUT2D eigenvalue weighted by atomic mass is 16.7. The van der Waals surface area contributed by atoms with Crippen LogP contribution in [0.3, 0.4) is 0 Å². The van der Waals surface area contributed by atoms with Gasteiger partial charge in [0.1, 0.15) is 11.4 Å². The molecule has 0 radical (unpaired) electrons. The Morgan fingerprint density at radius 1 is 0.857 bits per heavy atom. The van der Waals surface area contributed by atoms with Crippen LogP contribution in [0.4, 0.5) is 11.5 Å². The Labute approximate surface area is 161 Å². The highest BCUT2D eigenvalue weighted by Crippen LogP contribution is 2.36. The molecule has 28 heavy (non-hydrogen) atoms. The standard InChI is InChI=1S/C22H17N3O3/c1-26-16-9-6-14(7-10-16)21-17-4-2-3-5-18(17)22(25-24-21)23-15-8-11-19-20(12-15)28-13-27-19/h2-12H,13H2,1H3,(H,23,25). The van der Waals surface area contributed by atoms with Gasteiger partial charge in [0, 0.05) is 28.1 Å². The van der Waals surface area contributed by atoms with E-state index in [9.17, 15) is 0 Å². The zero-order chi connectivity index (χ0) is 18.9. The lowest BCUT2D eigenvalue weighted by Crippen LogP contribution is -1.99. The van der Waals surface area contributed by atoms with E-state index in [-0.39, 0.29) is 6.79 Å². The van der Waals surface area contributed by atoms with E-state index in [1.165, 1.54) is 0 Å². The van der Waals surface area contributed by atoms with Gasteiger partial charge < -0.3 is 19.5 Å². The van der Waals surface area contributed by atoms with Crippen LogP contribution < -0.4 is 19.5 Å². The van der Waals surface area contributed by atoms with E-state index in [0.29, 0.717) is 5.82 Å². The van der Waals surface area contributed by atoms with E-state index >= 15 is 0 Å². The molecule has 5 rings (SSSR count). The first kappa shape index (κ1) is 16.4.